The van der Waals surface area contributed by atoms with Crippen LogP contribution in [-0.2, 0) is 24.5 Å². The van der Waals surface area contributed by atoms with Gasteiger partial charge in [0, 0.05) is 20.8 Å². The number of benzene rings is 1. The zero-order chi connectivity index (χ0) is 13.5. The highest BCUT2D eigenvalue weighted by molar-refractivity contribution is 9.10. The Morgan fingerprint density at radius 1 is 1.16 bits per heavy atom. The average Bonchev–Trinajstić information content (AvgIpc) is 2.84. The summed E-state index contributed by atoms with van der Waals surface area (Å²) in [5, 5.41) is 3.33. The van der Waals surface area contributed by atoms with Gasteiger partial charge in [0.05, 0.1) is 13.2 Å². The minimum Gasteiger partial charge on any atom is -0.371 e. The van der Waals surface area contributed by atoms with E-state index in [4.69, 9.17) is 4.74 Å². The molecule has 1 heterocycles. The van der Waals surface area contributed by atoms with E-state index in [2.05, 4.69) is 52.4 Å². The van der Waals surface area contributed by atoms with Crippen LogP contribution in [0.4, 0.5) is 0 Å². The van der Waals surface area contributed by atoms with Crippen LogP contribution in [0.3, 0.4) is 0 Å². The molecule has 1 aromatic heterocycles. The molecule has 0 aliphatic rings. The lowest BCUT2D eigenvalue weighted by molar-refractivity contribution is 0.109. The molecule has 0 aliphatic heterocycles. The normalized spacial score (nSPS) is 10.8. The average molecular weight is 340 g/mol. The van der Waals surface area contributed by atoms with E-state index >= 15 is 0 Å². The lowest BCUT2D eigenvalue weighted by atomic mass is 10.2. The molecular formula is C15H18BrNOS. The quantitative estimate of drug-likeness (QED) is 0.810. The molecule has 0 spiro atoms. The fraction of sp³-hybridized carbons (Fsp3) is 0.333. The van der Waals surface area contributed by atoms with Gasteiger partial charge in [-0.05, 0) is 36.4 Å². The van der Waals surface area contributed by atoms with Gasteiger partial charge in [-0.1, -0.05) is 35.0 Å². The Bertz CT molecular complexity index is 512. The monoisotopic (exact) mass is 339 g/mol. The van der Waals surface area contributed by atoms with Crippen molar-refractivity contribution < 1.29 is 4.74 Å². The molecule has 2 rings (SSSR count). The van der Waals surface area contributed by atoms with Crippen LogP contribution in [0.1, 0.15) is 22.2 Å². The van der Waals surface area contributed by atoms with E-state index in [1.54, 1.807) is 0 Å². The number of thiophene rings is 1. The fourth-order valence-corrected chi connectivity index (χ4v) is 3.11. The maximum Gasteiger partial charge on any atom is 0.0814 e. The molecule has 0 saturated heterocycles. The van der Waals surface area contributed by atoms with Crippen molar-refractivity contribution in [3.05, 3.63) is 56.2 Å². The van der Waals surface area contributed by atoms with Crippen molar-refractivity contribution in [2.45, 2.75) is 26.7 Å². The zero-order valence-electron chi connectivity index (χ0n) is 11.0. The summed E-state index contributed by atoms with van der Waals surface area (Å²) in [7, 11) is 0. The molecule has 0 amide bonds. The molecule has 2 nitrogen and oxygen atoms in total. The van der Waals surface area contributed by atoms with E-state index in [9.17, 15) is 0 Å². The molecule has 0 radical (unpaired) electrons. The fourth-order valence-electron chi connectivity index (χ4n) is 1.74. The standard InChI is InChI=1S/C15H18BrNOS/c1-2-17-9-14-6-7-15(19-14)11-18-10-12-4-3-5-13(16)8-12/h3-8,17H,2,9-11H2,1H3. The number of hydrogen-bond acceptors (Lipinski definition) is 3. The molecule has 0 unspecified atom stereocenters. The van der Waals surface area contributed by atoms with Crippen LogP contribution in [0.15, 0.2) is 40.9 Å². The smallest absolute Gasteiger partial charge is 0.0814 e. The minimum atomic E-state index is 0.653. The van der Waals surface area contributed by atoms with Crippen molar-refractivity contribution in [1.82, 2.24) is 5.32 Å². The number of ether oxygens (including phenoxy) is 1. The minimum absolute atomic E-state index is 0.653. The van der Waals surface area contributed by atoms with E-state index < -0.39 is 0 Å². The number of hydrogen-bond donors (Lipinski definition) is 1. The number of nitrogens with one attached hydrogen (secondary N) is 1. The Labute approximate surface area is 126 Å². The predicted octanol–water partition coefficient (Wildman–Crippen LogP) is 4.34. The summed E-state index contributed by atoms with van der Waals surface area (Å²) in [5.74, 6) is 0. The van der Waals surface area contributed by atoms with E-state index in [1.165, 1.54) is 15.3 Å². The molecule has 1 N–H and O–H groups in total. The summed E-state index contributed by atoms with van der Waals surface area (Å²) >= 11 is 5.28. The Morgan fingerprint density at radius 3 is 2.79 bits per heavy atom. The van der Waals surface area contributed by atoms with Crippen molar-refractivity contribution in [2.24, 2.45) is 0 Å². The lowest BCUT2D eigenvalue weighted by Gasteiger charge is -2.03. The highest BCUT2D eigenvalue weighted by Crippen LogP contribution is 2.18. The third kappa shape index (κ3) is 5.07. The molecule has 0 atom stereocenters. The van der Waals surface area contributed by atoms with Crippen molar-refractivity contribution in [3.8, 4) is 0 Å². The van der Waals surface area contributed by atoms with Gasteiger partial charge in [-0.3, -0.25) is 0 Å². The zero-order valence-corrected chi connectivity index (χ0v) is 13.4. The van der Waals surface area contributed by atoms with Crippen molar-refractivity contribution in [3.63, 3.8) is 0 Å². The molecule has 2 aromatic rings. The van der Waals surface area contributed by atoms with Gasteiger partial charge in [0.25, 0.3) is 0 Å². The summed E-state index contributed by atoms with van der Waals surface area (Å²) in [6, 6.07) is 12.5. The van der Waals surface area contributed by atoms with Crippen LogP contribution in [-0.4, -0.2) is 6.54 Å². The van der Waals surface area contributed by atoms with Crippen LogP contribution in [0.25, 0.3) is 0 Å². The molecule has 0 fully saturated rings. The van der Waals surface area contributed by atoms with E-state index in [-0.39, 0.29) is 0 Å². The van der Waals surface area contributed by atoms with E-state index in [1.807, 2.05) is 23.5 Å². The van der Waals surface area contributed by atoms with Crippen LogP contribution in [0.2, 0.25) is 0 Å². The lowest BCUT2D eigenvalue weighted by Crippen LogP contribution is -2.10. The van der Waals surface area contributed by atoms with Gasteiger partial charge < -0.3 is 10.1 Å². The van der Waals surface area contributed by atoms with E-state index in [0.717, 1.165) is 17.6 Å². The topological polar surface area (TPSA) is 21.3 Å². The summed E-state index contributed by atoms with van der Waals surface area (Å²) in [6.07, 6.45) is 0. The van der Waals surface area contributed by atoms with Crippen LogP contribution >= 0.6 is 27.3 Å². The molecule has 19 heavy (non-hydrogen) atoms. The Hall–Kier alpha value is -0.680. The number of halogens is 1. The first kappa shape index (κ1) is 14.7. The van der Waals surface area contributed by atoms with Gasteiger partial charge in [-0.2, -0.15) is 0 Å². The van der Waals surface area contributed by atoms with Crippen molar-refractivity contribution in [1.29, 1.82) is 0 Å². The SMILES string of the molecule is CCNCc1ccc(COCc2cccc(Br)c2)s1. The number of rotatable bonds is 7. The second kappa shape index (κ2) is 7.80. The van der Waals surface area contributed by atoms with Gasteiger partial charge >= 0.3 is 0 Å². The van der Waals surface area contributed by atoms with Crippen LogP contribution in [0, 0.1) is 0 Å². The maximum absolute atomic E-state index is 5.75. The van der Waals surface area contributed by atoms with Gasteiger partial charge in [0.15, 0.2) is 0 Å². The largest absolute Gasteiger partial charge is 0.371 e. The van der Waals surface area contributed by atoms with Gasteiger partial charge in [0.2, 0.25) is 0 Å². The first-order valence-corrected chi connectivity index (χ1v) is 7.99. The summed E-state index contributed by atoms with van der Waals surface area (Å²) in [5.41, 5.74) is 1.19. The Kier molecular flexibility index (Phi) is 6.04. The molecular weight excluding hydrogens is 322 g/mol. The van der Waals surface area contributed by atoms with Crippen LogP contribution in [0.5, 0.6) is 0 Å². The third-order valence-electron chi connectivity index (χ3n) is 2.67. The highest BCUT2D eigenvalue weighted by atomic mass is 79.9. The van der Waals surface area contributed by atoms with Crippen molar-refractivity contribution in [2.75, 3.05) is 6.54 Å². The predicted molar refractivity (Wildman–Crippen MR) is 84.3 cm³/mol. The molecule has 0 saturated carbocycles. The molecule has 4 heteroatoms. The first-order chi connectivity index (χ1) is 9.28. The first-order valence-electron chi connectivity index (χ1n) is 6.38. The maximum atomic E-state index is 5.75. The molecule has 1 aromatic carbocycles. The van der Waals surface area contributed by atoms with E-state index in [0.29, 0.717) is 13.2 Å². The molecule has 102 valence electrons. The van der Waals surface area contributed by atoms with Gasteiger partial charge in [-0.25, -0.2) is 0 Å². The van der Waals surface area contributed by atoms with Gasteiger partial charge in [-0.15, -0.1) is 11.3 Å². The molecule has 0 bridgehead atoms. The summed E-state index contributed by atoms with van der Waals surface area (Å²) < 4.78 is 6.84. The third-order valence-corrected chi connectivity index (χ3v) is 4.22. The van der Waals surface area contributed by atoms with Crippen LogP contribution < -0.4 is 5.32 Å². The molecule has 0 aliphatic carbocycles. The highest BCUT2D eigenvalue weighted by Gasteiger charge is 2.01. The van der Waals surface area contributed by atoms with Gasteiger partial charge in [0.1, 0.15) is 0 Å². The second-order valence-corrected chi connectivity index (χ2v) is 6.44. The Balaban J connectivity index is 1.77. The summed E-state index contributed by atoms with van der Waals surface area (Å²) in [4.78, 5) is 2.64. The second-order valence-electron chi connectivity index (χ2n) is 4.27. The summed E-state index contributed by atoms with van der Waals surface area (Å²) in [6.45, 7) is 5.41. The van der Waals surface area contributed by atoms with Crippen molar-refractivity contribution >= 4 is 27.3 Å². The Morgan fingerprint density at radius 2 is 2.00 bits per heavy atom.